The van der Waals surface area contributed by atoms with Crippen LogP contribution in [0.1, 0.15) is 65.9 Å². The average Bonchev–Trinajstić information content (AvgIpc) is 2.71. The van der Waals surface area contributed by atoms with Gasteiger partial charge < -0.3 is 19.2 Å². The number of aliphatic hydroxyl groups is 2. The molecule has 0 spiro atoms. The number of likely N-dealkylation sites (N-methyl/N-ethyl adjacent to an activating group) is 1. The Morgan fingerprint density at radius 3 is 1.72 bits per heavy atom. The summed E-state index contributed by atoms with van der Waals surface area (Å²) in [5.74, 6) is 0. The molecule has 0 aromatic heterocycles. The Bertz CT molecular complexity index is 479. The van der Waals surface area contributed by atoms with Crippen molar-refractivity contribution >= 4 is 0 Å². The van der Waals surface area contributed by atoms with Crippen LogP contribution in [0.25, 0.3) is 0 Å². The SMILES string of the molecule is CCCC[N+](CCCC)(Cc1ccccc1)CC(C)O.CC[N+](C)(CC)CCO. The highest BCUT2D eigenvalue weighted by molar-refractivity contribution is 5.13. The molecule has 4 heteroatoms. The monoisotopic (exact) mass is 410 g/mol. The van der Waals surface area contributed by atoms with E-state index < -0.39 is 0 Å². The van der Waals surface area contributed by atoms with Gasteiger partial charge in [-0.05, 0) is 33.6 Å². The number of hydrogen-bond donors (Lipinski definition) is 2. The quantitative estimate of drug-likeness (QED) is 0.445. The summed E-state index contributed by atoms with van der Waals surface area (Å²) in [6.45, 7) is 18.4. The highest BCUT2D eigenvalue weighted by atomic mass is 16.3. The first-order chi connectivity index (χ1) is 13.8. The Balaban J connectivity index is 0.000000734. The Morgan fingerprint density at radius 1 is 0.862 bits per heavy atom. The number of quaternary nitrogens is 2. The van der Waals surface area contributed by atoms with Gasteiger partial charge in [-0.1, -0.05) is 57.0 Å². The summed E-state index contributed by atoms with van der Waals surface area (Å²) in [6.07, 6.45) is 4.70. The number of rotatable bonds is 14. The maximum atomic E-state index is 9.95. The van der Waals surface area contributed by atoms with E-state index in [2.05, 4.69) is 65.1 Å². The number of benzene rings is 1. The van der Waals surface area contributed by atoms with E-state index in [1.807, 2.05) is 6.92 Å². The van der Waals surface area contributed by atoms with Crippen molar-refractivity contribution in [1.82, 2.24) is 0 Å². The van der Waals surface area contributed by atoms with Crippen molar-refractivity contribution in [2.24, 2.45) is 0 Å². The molecule has 1 atom stereocenters. The van der Waals surface area contributed by atoms with E-state index in [4.69, 9.17) is 5.11 Å². The molecule has 0 aliphatic rings. The van der Waals surface area contributed by atoms with Crippen molar-refractivity contribution in [3.05, 3.63) is 35.9 Å². The van der Waals surface area contributed by atoms with Crippen LogP contribution >= 0.6 is 0 Å². The van der Waals surface area contributed by atoms with Crippen LogP contribution < -0.4 is 0 Å². The van der Waals surface area contributed by atoms with E-state index in [9.17, 15) is 5.11 Å². The molecule has 1 unspecified atom stereocenters. The zero-order valence-corrected chi connectivity index (χ0v) is 20.2. The Labute approximate surface area is 181 Å². The lowest BCUT2D eigenvalue weighted by atomic mass is 10.1. The second-order valence-corrected chi connectivity index (χ2v) is 8.87. The van der Waals surface area contributed by atoms with Gasteiger partial charge in [-0.15, -0.1) is 0 Å². The van der Waals surface area contributed by atoms with E-state index in [1.165, 1.54) is 44.3 Å². The van der Waals surface area contributed by atoms with E-state index in [1.54, 1.807) is 0 Å². The van der Waals surface area contributed by atoms with Crippen LogP contribution in [0.15, 0.2) is 30.3 Å². The molecule has 0 aliphatic carbocycles. The lowest BCUT2D eigenvalue weighted by molar-refractivity contribution is -0.943. The molecule has 170 valence electrons. The summed E-state index contributed by atoms with van der Waals surface area (Å²) in [4.78, 5) is 0. The van der Waals surface area contributed by atoms with Gasteiger partial charge in [0.2, 0.25) is 0 Å². The van der Waals surface area contributed by atoms with Crippen LogP contribution in [-0.2, 0) is 6.54 Å². The third-order valence-electron chi connectivity index (χ3n) is 6.15. The third-order valence-corrected chi connectivity index (χ3v) is 6.15. The minimum atomic E-state index is -0.229. The maximum Gasteiger partial charge on any atom is 0.105 e. The van der Waals surface area contributed by atoms with Crippen LogP contribution in [0, 0.1) is 0 Å². The van der Waals surface area contributed by atoms with Crippen LogP contribution in [0.3, 0.4) is 0 Å². The summed E-state index contributed by atoms with van der Waals surface area (Å²) >= 11 is 0. The highest BCUT2D eigenvalue weighted by Gasteiger charge is 2.28. The maximum absolute atomic E-state index is 9.95. The fraction of sp³-hybridized carbons (Fsp3) is 0.760. The van der Waals surface area contributed by atoms with Gasteiger partial charge in [0, 0.05) is 5.56 Å². The van der Waals surface area contributed by atoms with Crippen molar-refractivity contribution in [2.45, 2.75) is 73.0 Å². The number of unbranched alkanes of at least 4 members (excludes halogenated alkanes) is 2. The van der Waals surface area contributed by atoms with Crippen molar-refractivity contribution in [3.8, 4) is 0 Å². The van der Waals surface area contributed by atoms with E-state index in [0.717, 1.165) is 41.7 Å². The Morgan fingerprint density at radius 2 is 1.38 bits per heavy atom. The molecule has 0 bridgehead atoms. The predicted molar refractivity (Wildman–Crippen MR) is 126 cm³/mol. The Kier molecular flexibility index (Phi) is 15.3. The van der Waals surface area contributed by atoms with Gasteiger partial charge in [-0.25, -0.2) is 0 Å². The van der Waals surface area contributed by atoms with Gasteiger partial charge in [0.25, 0.3) is 0 Å². The first-order valence-electron chi connectivity index (χ1n) is 11.8. The molecule has 0 saturated carbocycles. The number of hydrogen-bond acceptors (Lipinski definition) is 2. The molecule has 0 radical (unpaired) electrons. The van der Waals surface area contributed by atoms with E-state index >= 15 is 0 Å². The van der Waals surface area contributed by atoms with E-state index in [-0.39, 0.29) is 6.10 Å². The molecule has 1 rings (SSSR count). The zero-order chi connectivity index (χ0) is 22.2. The normalized spacial score (nSPS) is 13.0. The zero-order valence-electron chi connectivity index (χ0n) is 20.2. The summed E-state index contributed by atoms with van der Waals surface area (Å²) < 4.78 is 2.01. The van der Waals surface area contributed by atoms with Gasteiger partial charge in [-0.2, -0.15) is 0 Å². The molecule has 0 aliphatic heterocycles. The predicted octanol–water partition coefficient (Wildman–Crippen LogP) is 4.45. The minimum absolute atomic E-state index is 0.229. The lowest BCUT2D eigenvalue weighted by Gasteiger charge is -2.40. The summed E-state index contributed by atoms with van der Waals surface area (Å²) in [5.41, 5.74) is 1.39. The molecule has 0 saturated heterocycles. The smallest absolute Gasteiger partial charge is 0.105 e. The molecular weight excluding hydrogens is 360 g/mol. The largest absolute Gasteiger partial charge is 0.391 e. The van der Waals surface area contributed by atoms with Gasteiger partial charge in [0.15, 0.2) is 0 Å². The first-order valence-corrected chi connectivity index (χ1v) is 11.8. The molecule has 0 fully saturated rings. The van der Waals surface area contributed by atoms with Crippen molar-refractivity contribution in [3.63, 3.8) is 0 Å². The molecular formula is C25H50N2O2+2. The molecule has 1 aromatic carbocycles. The van der Waals surface area contributed by atoms with Gasteiger partial charge in [0.1, 0.15) is 25.7 Å². The van der Waals surface area contributed by atoms with Gasteiger partial charge in [-0.3, -0.25) is 0 Å². The number of nitrogens with zero attached hydrogens (tertiary/aromatic N) is 2. The molecule has 2 N–H and O–H groups in total. The van der Waals surface area contributed by atoms with Crippen molar-refractivity contribution in [2.75, 3.05) is 52.9 Å². The fourth-order valence-corrected chi connectivity index (χ4v) is 3.82. The lowest BCUT2D eigenvalue weighted by Crippen LogP contribution is -2.52. The van der Waals surface area contributed by atoms with E-state index in [0.29, 0.717) is 6.61 Å². The Hall–Kier alpha value is -0.940. The number of aliphatic hydroxyl groups excluding tert-OH is 2. The van der Waals surface area contributed by atoms with Crippen molar-refractivity contribution < 1.29 is 19.2 Å². The standard InChI is InChI=1S/C18H32NO.C7H18NO/c1-4-6-13-19(14-7-5-2,15-17(3)20)16-18-11-9-8-10-12-18;1-4-8(3,5-2)6-7-9/h8-12,17,20H,4-7,13-16H2,1-3H3;9H,4-7H2,1-3H3/q2*+1. The molecule has 29 heavy (non-hydrogen) atoms. The molecule has 1 aromatic rings. The summed E-state index contributed by atoms with van der Waals surface area (Å²) in [6, 6.07) is 10.7. The minimum Gasteiger partial charge on any atom is -0.391 e. The van der Waals surface area contributed by atoms with Crippen LogP contribution in [-0.4, -0.2) is 78.2 Å². The van der Waals surface area contributed by atoms with Crippen molar-refractivity contribution in [1.29, 1.82) is 0 Å². The summed E-state index contributed by atoms with van der Waals surface area (Å²) in [5, 5.41) is 18.6. The fourth-order valence-electron chi connectivity index (χ4n) is 3.82. The van der Waals surface area contributed by atoms with Crippen LogP contribution in [0.2, 0.25) is 0 Å². The average molecular weight is 411 g/mol. The summed E-state index contributed by atoms with van der Waals surface area (Å²) in [7, 11) is 2.16. The van der Waals surface area contributed by atoms with Gasteiger partial charge in [0.05, 0.1) is 39.8 Å². The van der Waals surface area contributed by atoms with Crippen LogP contribution in [0.5, 0.6) is 0 Å². The van der Waals surface area contributed by atoms with Crippen LogP contribution in [0.4, 0.5) is 0 Å². The molecule has 0 heterocycles. The topological polar surface area (TPSA) is 40.5 Å². The first kappa shape index (κ1) is 28.1. The molecule has 4 nitrogen and oxygen atoms in total. The highest BCUT2D eigenvalue weighted by Crippen LogP contribution is 2.19. The van der Waals surface area contributed by atoms with Gasteiger partial charge >= 0.3 is 0 Å². The third kappa shape index (κ3) is 12.4. The second-order valence-electron chi connectivity index (χ2n) is 8.87. The molecule has 0 amide bonds. The second kappa shape index (κ2) is 15.8.